The normalized spacial score (nSPS) is 26.8. The molecule has 2 aliphatic carbocycles. The number of hydrogen-bond acceptors (Lipinski definition) is 1. The summed E-state index contributed by atoms with van der Waals surface area (Å²) in [5.41, 5.74) is 3.67. The van der Waals surface area contributed by atoms with Gasteiger partial charge < -0.3 is 5.32 Å². The molecule has 0 spiro atoms. The predicted octanol–water partition coefficient (Wildman–Crippen LogP) is 4.74. The highest BCUT2D eigenvalue weighted by molar-refractivity contribution is 5.33. The minimum atomic E-state index is 0.536. The summed E-state index contributed by atoms with van der Waals surface area (Å²) in [6.45, 7) is 7.26. The molecule has 2 aliphatic rings. The van der Waals surface area contributed by atoms with Crippen LogP contribution in [-0.2, 0) is 12.8 Å². The molecule has 0 aliphatic heterocycles. The molecular formula is C20H31N. The Kier molecular flexibility index (Phi) is 4.40. The minimum Gasteiger partial charge on any atom is -0.311 e. The van der Waals surface area contributed by atoms with Crippen molar-refractivity contribution in [3.05, 3.63) is 35.4 Å². The van der Waals surface area contributed by atoms with Crippen LogP contribution < -0.4 is 5.32 Å². The third-order valence-corrected chi connectivity index (χ3v) is 6.27. The Morgan fingerprint density at radius 1 is 0.952 bits per heavy atom. The second-order valence-corrected chi connectivity index (χ2v) is 7.93. The van der Waals surface area contributed by atoms with E-state index in [1.807, 2.05) is 0 Å². The number of rotatable bonds is 4. The summed E-state index contributed by atoms with van der Waals surface area (Å²) in [5, 5.41) is 3.95. The molecule has 0 unspecified atom stereocenters. The van der Waals surface area contributed by atoms with Crippen LogP contribution in [-0.4, -0.2) is 12.1 Å². The first-order chi connectivity index (χ1) is 10.1. The van der Waals surface area contributed by atoms with Gasteiger partial charge >= 0.3 is 0 Å². The van der Waals surface area contributed by atoms with Crippen LogP contribution in [0.1, 0.15) is 64.0 Å². The molecule has 1 saturated carbocycles. The molecule has 0 heterocycles. The number of hydrogen-bond donors (Lipinski definition) is 1. The van der Waals surface area contributed by atoms with Crippen LogP contribution in [0.25, 0.3) is 0 Å². The Morgan fingerprint density at radius 2 is 1.52 bits per heavy atom. The average molecular weight is 285 g/mol. The van der Waals surface area contributed by atoms with Gasteiger partial charge in [0, 0.05) is 12.1 Å². The number of benzene rings is 1. The van der Waals surface area contributed by atoms with Crippen molar-refractivity contribution in [2.45, 2.75) is 77.8 Å². The fourth-order valence-electron chi connectivity index (χ4n) is 4.34. The molecular weight excluding hydrogens is 254 g/mol. The van der Waals surface area contributed by atoms with E-state index in [1.54, 1.807) is 11.1 Å². The van der Waals surface area contributed by atoms with E-state index in [2.05, 4.69) is 50.4 Å². The van der Waals surface area contributed by atoms with Crippen LogP contribution in [0.3, 0.4) is 0 Å². The standard InChI is InChI=1S/C20H31N/c1-4-20(2,3)17-9-11-18(12-10-17)21-19-13-15-7-5-6-8-16(15)14-19/h5-8,17-19,21H,4,9-14H2,1-3H3. The SMILES string of the molecule is CCC(C)(C)C1CCC(NC2Cc3ccccc3C2)CC1. The van der Waals surface area contributed by atoms with Crippen LogP contribution in [0, 0.1) is 11.3 Å². The summed E-state index contributed by atoms with van der Waals surface area (Å²) in [6.07, 6.45) is 9.36. The van der Waals surface area contributed by atoms with Gasteiger partial charge in [0.05, 0.1) is 0 Å². The molecule has 1 N–H and O–H groups in total. The molecule has 1 nitrogen and oxygen atoms in total. The maximum atomic E-state index is 3.95. The molecule has 0 amide bonds. The van der Waals surface area contributed by atoms with Gasteiger partial charge in [-0.1, -0.05) is 51.5 Å². The van der Waals surface area contributed by atoms with Gasteiger partial charge in [-0.2, -0.15) is 0 Å². The van der Waals surface area contributed by atoms with Crippen LogP contribution in [0.5, 0.6) is 0 Å². The zero-order valence-corrected chi connectivity index (χ0v) is 14.0. The van der Waals surface area contributed by atoms with Gasteiger partial charge in [-0.05, 0) is 61.0 Å². The molecule has 0 radical (unpaired) electrons. The highest BCUT2D eigenvalue weighted by Crippen LogP contribution is 2.40. The molecule has 116 valence electrons. The van der Waals surface area contributed by atoms with Gasteiger partial charge in [0.1, 0.15) is 0 Å². The van der Waals surface area contributed by atoms with Gasteiger partial charge in [0.2, 0.25) is 0 Å². The summed E-state index contributed by atoms with van der Waals surface area (Å²) in [4.78, 5) is 0. The molecule has 0 aromatic heterocycles. The van der Waals surface area contributed by atoms with E-state index in [1.165, 1.54) is 44.9 Å². The van der Waals surface area contributed by atoms with Crippen molar-refractivity contribution in [3.8, 4) is 0 Å². The summed E-state index contributed by atoms with van der Waals surface area (Å²) < 4.78 is 0. The minimum absolute atomic E-state index is 0.536. The first kappa shape index (κ1) is 15.1. The van der Waals surface area contributed by atoms with Gasteiger partial charge in [-0.25, -0.2) is 0 Å². The Labute approximate surface area is 130 Å². The third kappa shape index (κ3) is 3.34. The first-order valence-electron chi connectivity index (χ1n) is 8.91. The molecule has 0 bridgehead atoms. The van der Waals surface area contributed by atoms with Crippen molar-refractivity contribution < 1.29 is 0 Å². The van der Waals surface area contributed by atoms with Crippen molar-refractivity contribution in [2.24, 2.45) is 11.3 Å². The van der Waals surface area contributed by atoms with E-state index in [9.17, 15) is 0 Å². The molecule has 0 atom stereocenters. The molecule has 1 aromatic rings. The quantitative estimate of drug-likeness (QED) is 0.842. The zero-order chi connectivity index (χ0) is 14.9. The highest BCUT2D eigenvalue weighted by Gasteiger charge is 2.33. The third-order valence-electron chi connectivity index (χ3n) is 6.27. The van der Waals surface area contributed by atoms with Crippen molar-refractivity contribution in [2.75, 3.05) is 0 Å². The fourth-order valence-corrected chi connectivity index (χ4v) is 4.34. The summed E-state index contributed by atoms with van der Waals surface area (Å²) in [7, 11) is 0. The van der Waals surface area contributed by atoms with E-state index < -0.39 is 0 Å². The van der Waals surface area contributed by atoms with E-state index in [0.717, 1.165) is 12.0 Å². The summed E-state index contributed by atoms with van der Waals surface area (Å²) in [6, 6.07) is 10.4. The second-order valence-electron chi connectivity index (χ2n) is 7.93. The maximum Gasteiger partial charge on any atom is 0.0151 e. The highest BCUT2D eigenvalue weighted by atomic mass is 15.0. The lowest BCUT2D eigenvalue weighted by Gasteiger charge is -2.39. The Morgan fingerprint density at radius 3 is 2.05 bits per heavy atom. The lowest BCUT2D eigenvalue weighted by Crippen LogP contribution is -2.42. The predicted molar refractivity (Wildman–Crippen MR) is 90.6 cm³/mol. The number of nitrogens with one attached hydrogen (secondary N) is 1. The average Bonchev–Trinajstić information content (AvgIpc) is 2.90. The Bertz CT molecular complexity index is 443. The van der Waals surface area contributed by atoms with Gasteiger partial charge in [-0.3, -0.25) is 0 Å². The molecule has 1 heteroatoms. The van der Waals surface area contributed by atoms with Crippen molar-refractivity contribution in [1.29, 1.82) is 0 Å². The van der Waals surface area contributed by atoms with Crippen LogP contribution in [0.2, 0.25) is 0 Å². The molecule has 0 saturated heterocycles. The first-order valence-corrected chi connectivity index (χ1v) is 8.91. The van der Waals surface area contributed by atoms with Gasteiger partial charge in [-0.15, -0.1) is 0 Å². The van der Waals surface area contributed by atoms with Crippen LogP contribution in [0.4, 0.5) is 0 Å². The van der Waals surface area contributed by atoms with Gasteiger partial charge in [0.15, 0.2) is 0 Å². The van der Waals surface area contributed by atoms with Crippen molar-refractivity contribution in [1.82, 2.24) is 5.32 Å². The Balaban J connectivity index is 1.49. The van der Waals surface area contributed by atoms with Crippen molar-refractivity contribution in [3.63, 3.8) is 0 Å². The van der Waals surface area contributed by atoms with Crippen LogP contribution in [0.15, 0.2) is 24.3 Å². The van der Waals surface area contributed by atoms with E-state index in [-0.39, 0.29) is 0 Å². The van der Waals surface area contributed by atoms with E-state index >= 15 is 0 Å². The molecule has 1 aromatic carbocycles. The Hall–Kier alpha value is -0.820. The lowest BCUT2D eigenvalue weighted by molar-refractivity contribution is 0.134. The van der Waals surface area contributed by atoms with E-state index in [4.69, 9.17) is 0 Å². The summed E-state index contributed by atoms with van der Waals surface area (Å²) in [5.74, 6) is 0.932. The van der Waals surface area contributed by atoms with Crippen molar-refractivity contribution >= 4 is 0 Å². The molecule has 21 heavy (non-hydrogen) atoms. The zero-order valence-electron chi connectivity index (χ0n) is 14.0. The number of fused-ring (bicyclic) bond motifs is 1. The van der Waals surface area contributed by atoms with E-state index in [0.29, 0.717) is 11.5 Å². The smallest absolute Gasteiger partial charge is 0.0151 e. The lowest BCUT2D eigenvalue weighted by atomic mass is 9.69. The largest absolute Gasteiger partial charge is 0.311 e. The van der Waals surface area contributed by atoms with Gasteiger partial charge in [0.25, 0.3) is 0 Å². The maximum absolute atomic E-state index is 3.95. The summed E-state index contributed by atoms with van der Waals surface area (Å²) >= 11 is 0. The second kappa shape index (κ2) is 6.12. The topological polar surface area (TPSA) is 12.0 Å². The fraction of sp³-hybridized carbons (Fsp3) is 0.700. The molecule has 3 rings (SSSR count). The van der Waals surface area contributed by atoms with Crippen LogP contribution >= 0.6 is 0 Å². The molecule has 1 fully saturated rings. The monoisotopic (exact) mass is 285 g/mol.